The summed E-state index contributed by atoms with van der Waals surface area (Å²) < 4.78 is 43.1. The predicted molar refractivity (Wildman–Crippen MR) is 57.9 cm³/mol. The van der Waals surface area contributed by atoms with Crippen molar-refractivity contribution < 1.29 is 22.7 Å². The number of benzene rings is 1. The number of ether oxygens (including phenoxy) is 1. The van der Waals surface area contributed by atoms with Crippen LogP contribution in [0, 0.1) is 0 Å². The minimum atomic E-state index is -4.41. The van der Waals surface area contributed by atoms with Crippen molar-refractivity contribution in [1.29, 1.82) is 0 Å². The molecule has 0 saturated heterocycles. The van der Waals surface area contributed by atoms with Crippen LogP contribution in [0.2, 0.25) is 0 Å². The maximum absolute atomic E-state index is 12.8. The summed E-state index contributed by atoms with van der Waals surface area (Å²) in [5.74, 6) is -1.20. The van der Waals surface area contributed by atoms with E-state index in [1.165, 1.54) is 13.2 Å². The highest BCUT2D eigenvalue weighted by molar-refractivity contribution is 5.79. The predicted octanol–water partition coefficient (Wildman–Crippen LogP) is 2.07. The Kier molecular flexibility index (Phi) is 3.30. The number of nitrogens with one attached hydrogen (secondary N) is 1. The van der Waals surface area contributed by atoms with E-state index in [1.807, 2.05) is 0 Å². The Morgan fingerprint density at radius 2 is 2.17 bits per heavy atom. The lowest BCUT2D eigenvalue weighted by molar-refractivity contribution is -0.143. The molecule has 3 nitrogen and oxygen atoms in total. The number of carbonyl (C=O) groups is 1. The molecule has 98 valence electrons. The summed E-state index contributed by atoms with van der Waals surface area (Å²) in [6.07, 6.45) is -4.41. The average molecular weight is 259 g/mol. The van der Waals surface area contributed by atoms with Crippen LogP contribution in [0.5, 0.6) is 0 Å². The van der Waals surface area contributed by atoms with E-state index in [2.05, 4.69) is 10.1 Å². The first-order valence-corrected chi connectivity index (χ1v) is 5.42. The van der Waals surface area contributed by atoms with E-state index in [9.17, 15) is 18.0 Å². The number of fused-ring (bicyclic) bond motifs is 1. The van der Waals surface area contributed by atoms with Crippen molar-refractivity contribution in [2.24, 2.45) is 0 Å². The summed E-state index contributed by atoms with van der Waals surface area (Å²) in [4.78, 5) is 11.5. The Labute approximate surface area is 102 Å². The van der Waals surface area contributed by atoms with Gasteiger partial charge in [0.25, 0.3) is 0 Å². The van der Waals surface area contributed by atoms with E-state index in [-0.39, 0.29) is 12.1 Å². The van der Waals surface area contributed by atoms with Crippen molar-refractivity contribution in [2.45, 2.75) is 18.6 Å². The molecule has 1 aromatic rings. The second kappa shape index (κ2) is 4.61. The van der Waals surface area contributed by atoms with Crippen LogP contribution in [0.25, 0.3) is 0 Å². The molecule has 1 unspecified atom stereocenters. The molecule has 6 heteroatoms. The fraction of sp³-hybridized carbons (Fsp3) is 0.417. The molecule has 0 saturated carbocycles. The largest absolute Gasteiger partial charge is 0.469 e. The standard InChI is InChI=1S/C12H12F3NO2/c1-18-11(17)9-6-16-5-8-7(9)3-2-4-10(8)12(13,14)15/h2-4,9,16H,5-6H2,1H3. The van der Waals surface area contributed by atoms with Crippen molar-refractivity contribution in [1.82, 2.24) is 5.32 Å². The van der Waals surface area contributed by atoms with Gasteiger partial charge in [-0.1, -0.05) is 12.1 Å². The topological polar surface area (TPSA) is 38.3 Å². The van der Waals surface area contributed by atoms with Crippen LogP contribution in [0.3, 0.4) is 0 Å². The number of methoxy groups -OCH3 is 1. The van der Waals surface area contributed by atoms with Crippen LogP contribution in [-0.4, -0.2) is 19.6 Å². The normalized spacial score (nSPS) is 19.2. The summed E-state index contributed by atoms with van der Waals surface area (Å²) >= 11 is 0. The van der Waals surface area contributed by atoms with Crippen LogP contribution in [0.4, 0.5) is 13.2 Å². The molecule has 18 heavy (non-hydrogen) atoms. The molecule has 0 aliphatic carbocycles. The van der Waals surface area contributed by atoms with Gasteiger partial charge >= 0.3 is 12.1 Å². The van der Waals surface area contributed by atoms with Gasteiger partial charge in [0, 0.05) is 13.1 Å². The van der Waals surface area contributed by atoms with Crippen molar-refractivity contribution in [3.8, 4) is 0 Å². The zero-order valence-corrected chi connectivity index (χ0v) is 9.67. The maximum atomic E-state index is 12.8. The van der Waals surface area contributed by atoms with Gasteiger partial charge in [0.15, 0.2) is 0 Å². The molecule has 2 rings (SSSR count). The Hall–Kier alpha value is -1.56. The van der Waals surface area contributed by atoms with Crippen molar-refractivity contribution in [3.05, 3.63) is 34.9 Å². The number of hydrogen-bond acceptors (Lipinski definition) is 3. The summed E-state index contributed by atoms with van der Waals surface area (Å²) in [5.41, 5.74) is -0.164. The smallest absolute Gasteiger partial charge is 0.416 e. The van der Waals surface area contributed by atoms with E-state index >= 15 is 0 Å². The van der Waals surface area contributed by atoms with E-state index in [0.717, 1.165) is 6.07 Å². The highest BCUT2D eigenvalue weighted by atomic mass is 19.4. The summed E-state index contributed by atoms with van der Waals surface area (Å²) in [7, 11) is 1.23. The van der Waals surface area contributed by atoms with Gasteiger partial charge in [0.2, 0.25) is 0 Å². The lowest BCUT2D eigenvalue weighted by Crippen LogP contribution is -2.34. The Morgan fingerprint density at radius 1 is 1.44 bits per heavy atom. The van der Waals surface area contributed by atoms with Crippen molar-refractivity contribution in [3.63, 3.8) is 0 Å². The molecule has 1 N–H and O–H groups in total. The second-order valence-electron chi connectivity index (χ2n) is 4.08. The first kappa shape index (κ1) is 12.9. The van der Waals surface area contributed by atoms with E-state index in [4.69, 9.17) is 0 Å². The molecule has 0 aromatic heterocycles. The monoisotopic (exact) mass is 259 g/mol. The number of rotatable bonds is 1. The number of hydrogen-bond donors (Lipinski definition) is 1. The van der Waals surface area contributed by atoms with E-state index < -0.39 is 23.6 Å². The average Bonchev–Trinajstić information content (AvgIpc) is 2.35. The zero-order chi connectivity index (χ0) is 13.3. The van der Waals surface area contributed by atoms with Crippen molar-refractivity contribution in [2.75, 3.05) is 13.7 Å². The van der Waals surface area contributed by atoms with E-state index in [1.54, 1.807) is 6.07 Å². The van der Waals surface area contributed by atoms with Gasteiger partial charge in [0.1, 0.15) is 0 Å². The Morgan fingerprint density at radius 3 is 2.78 bits per heavy atom. The number of carbonyl (C=O) groups excluding carboxylic acids is 1. The SMILES string of the molecule is COC(=O)C1CNCc2c1cccc2C(F)(F)F. The highest BCUT2D eigenvalue weighted by Gasteiger charge is 2.37. The fourth-order valence-corrected chi connectivity index (χ4v) is 2.20. The van der Waals surface area contributed by atoms with Gasteiger partial charge in [-0.3, -0.25) is 4.79 Å². The molecular weight excluding hydrogens is 247 g/mol. The molecule has 1 aromatic carbocycles. The van der Waals surface area contributed by atoms with E-state index in [0.29, 0.717) is 12.1 Å². The number of esters is 1. The summed E-state index contributed by atoms with van der Waals surface area (Å²) in [6, 6.07) is 3.90. The fourth-order valence-electron chi connectivity index (χ4n) is 2.20. The van der Waals surface area contributed by atoms with Gasteiger partial charge in [0.05, 0.1) is 18.6 Å². The summed E-state index contributed by atoms with van der Waals surface area (Å²) in [6.45, 7) is 0.402. The van der Waals surface area contributed by atoms with Gasteiger partial charge < -0.3 is 10.1 Å². The Bertz CT molecular complexity index is 471. The van der Waals surface area contributed by atoms with Crippen LogP contribution >= 0.6 is 0 Å². The lowest BCUT2D eigenvalue weighted by atomic mass is 9.88. The number of alkyl halides is 3. The minimum Gasteiger partial charge on any atom is -0.469 e. The number of halogens is 3. The zero-order valence-electron chi connectivity index (χ0n) is 9.67. The van der Waals surface area contributed by atoms with Gasteiger partial charge in [-0.05, 0) is 17.2 Å². The first-order chi connectivity index (χ1) is 8.45. The molecule has 1 atom stereocenters. The van der Waals surface area contributed by atoms with Gasteiger partial charge in [-0.2, -0.15) is 13.2 Å². The van der Waals surface area contributed by atoms with Crippen LogP contribution in [-0.2, 0) is 22.3 Å². The van der Waals surface area contributed by atoms with Crippen LogP contribution < -0.4 is 5.32 Å². The molecule has 1 heterocycles. The lowest BCUT2D eigenvalue weighted by Gasteiger charge is -2.27. The molecule has 0 bridgehead atoms. The third-order valence-electron chi connectivity index (χ3n) is 3.03. The third kappa shape index (κ3) is 2.20. The van der Waals surface area contributed by atoms with Crippen LogP contribution in [0.1, 0.15) is 22.6 Å². The Balaban J connectivity index is 2.50. The molecule has 0 fully saturated rings. The summed E-state index contributed by atoms with van der Waals surface area (Å²) in [5, 5.41) is 2.82. The van der Waals surface area contributed by atoms with Crippen molar-refractivity contribution >= 4 is 5.97 Å². The highest BCUT2D eigenvalue weighted by Crippen LogP contribution is 2.36. The molecule has 0 radical (unpaired) electrons. The quantitative estimate of drug-likeness (QED) is 0.785. The molecule has 1 aliphatic heterocycles. The minimum absolute atomic E-state index is 0.110. The van der Waals surface area contributed by atoms with Crippen LogP contribution in [0.15, 0.2) is 18.2 Å². The maximum Gasteiger partial charge on any atom is 0.416 e. The van der Waals surface area contributed by atoms with Gasteiger partial charge in [-0.15, -0.1) is 0 Å². The second-order valence-corrected chi connectivity index (χ2v) is 4.08. The van der Waals surface area contributed by atoms with Gasteiger partial charge in [-0.25, -0.2) is 0 Å². The molecule has 1 aliphatic rings. The molecule has 0 spiro atoms. The molecule has 0 amide bonds. The first-order valence-electron chi connectivity index (χ1n) is 5.42. The third-order valence-corrected chi connectivity index (χ3v) is 3.03. The molecular formula is C12H12F3NO2.